The topological polar surface area (TPSA) is 26.1 Å². The number of ether oxygens (including phenoxy) is 2. The normalized spacial score (nSPS) is 23.7. The first kappa shape index (κ1) is 24.6. The van der Waals surface area contributed by atoms with Gasteiger partial charge in [0.1, 0.15) is 0 Å². The largest absolute Gasteiger partial charge is 0.381 e. The smallest absolute Gasteiger partial charge is 0.0789 e. The Morgan fingerprint density at radius 3 is 2.41 bits per heavy atom. The van der Waals surface area contributed by atoms with Crippen molar-refractivity contribution in [3.63, 3.8) is 0 Å². The van der Waals surface area contributed by atoms with Crippen molar-refractivity contribution in [2.24, 2.45) is 11.3 Å². The molecule has 0 aliphatic heterocycles. The molecular weight excluding hydrogens is 336 g/mol. The maximum atomic E-state index is 6.19. The molecule has 0 bridgehead atoms. The summed E-state index contributed by atoms with van der Waals surface area (Å²) in [4.78, 5) is 3.72. The zero-order valence-corrected chi connectivity index (χ0v) is 18.9. The predicted octanol–water partition coefficient (Wildman–Crippen LogP) is 3.04. The van der Waals surface area contributed by atoms with Crippen LogP contribution in [-0.2, 0) is 9.47 Å². The summed E-state index contributed by atoms with van der Waals surface area (Å²) < 4.78 is 12.4. The fourth-order valence-electron chi connectivity index (χ4n) is 3.92. The van der Waals surface area contributed by atoms with Gasteiger partial charge in [-0.15, -0.1) is 0 Å². The molecule has 0 spiro atoms. The van der Waals surface area contributed by atoms with Gasteiger partial charge in [-0.2, -0.15) is 0 Å². The van der Waals surface area contributed by atoms with Gasteiger partial charge in [-0.1, -0.05) is 25.5 Å². The number of nitrogens with zero attached hydrogens (tertiary/aromatic N) is 1. The molecular formula is C23H47N2O2+. The molecule has 0 saturated carbocycles. The highest BCUT2D eigenvalue weighted by Crippen LogP contribution is 2.36. The summed E-state index contributed by atoms with van der Waals surface area (Å²) in [6.07, 6.45) is 14.6. The lowest BCUT2D eigenvalue weighted by Crippen LogP contribution is -3.05. The molecule has 0 radical (unpaired) electrons. The highest BCUT2D eigenvalue weighted by atomic mass is 16.5. The molecule has 160 valence electrons. The zero-order chi connectivity index (χ0) is 20.0. The molecule has 0 saturated heterocycles. The second-order valence-electron chi connectivity index (χ2n) is 9.13. The van der Waals surface area contributed by atoms with E-state index in [2.05, 4.69) is 52.2 Å². The Bertz CT molecular complexity index is 365. The van der Waals surface area contributed by atoms with Gasteiger partial charge in [-0.25, -0.2) is 0 Å². The first-order chi connectivity index (χ1) is 13.0. The quantitative estimate of drug-likeness (QED) is 0.369. The van der Waals surface area contributed by atoms with Crippen LogP contribution in [-0.4, -0.2) is 72.6 Å². The lowest BCUT2D eigenvalue weighted by atomic mass is 9.76. The highest BCUT2D eigenvalue weighted by Gasteiger charge is 2.31. The fraction of sp³-hybridized carbons (Fsp3) is 0.913. The second-order valence-corrected chi connectivity index (χ2v) is 9.13. The standard InChI is InChI=1S/C23H46N2O2/c1-6-11-22-12-7-8-14-23(15-13-22,20-26-18-9-16-24(2)3)21-27-19-10-17-25(4)5/h7,12,22H,6,8-11,13-21H2,1-5H3/p+1. The van der Waals surface area contributed by atoms with E-state index >= 15 is 0 Å². The second kappa shape index (κ2) is 14.6. The van der Waals surface area contributed by atoms with E-state index in [1.807, 2.05) is 0 Å². The molecule has 0 heterocycles. The maximum absolute atomic E-state index is 6.19. The first-order valence-electron chi connectivity index (χ1n) is 11.2. The third-order valence-electron chi connectivity index (χ3n) is 5.63. The average Bonchev–Trinajstić information content (AvgIpc) is 2.59. The predicted molar refractivity (Wildman–Crippen MR) is 116 cm³/mol. The Kier molecular flexibility index (Phi) is 13.3. The Morgan fingerprint density at radius 2 is 1.78 bits per heavy atom. The molecule has 27 heavy (non-hydrogen) atoms. The monoisotopic (exact) mass is 383 g/mol. The molecule has 0 aromatic rings. The third-order valence-corrected chi connectivity index (χ3v) is 5.63. The van der Waals surface area contributed by atoms with E-state index in [4.69, 9.17) is 9.47 Å². The fourth-order valence-corrected chi connectivity index (χ4v) is 3.92. The van der Waals surface area contributed by atoms with Crippen molar-refractivity contribution in [1.29, 1.82) is 0 Å². The van der Waals surface area contributed by atoms with E-state index in [1.165, 1.54) is 43.5 Å². The van der Waals surface area contributed by atoms with E-state index < -0.39 is 0 Å². The number of rotatable bonds is 14. The Hall–Kier alpha value is -0.420. The van der Waals surface area contributed by atoms with Crippen LogP contribution in [0.5, 0.6) is 0 Å². The number of nitrogens with one attached hydrogen (secondary N) is 1. The van der Waals surface area contributed by atoms with E-state index in [-0.39, 0.29) is 5.41 Å². The van der Waals surface area contributed by atoms with Gasteiger partial charge in [0.05, 0.1) is 40.5 Å². The molecule has 1 rings (SSSR count). The summed E-state index contributed by atoms with van der Waals surface area (Å²) in [5.41, 5.74) is 0.194. The van der Waals surface area contributed by atoms with Gasteiger partial charge in [0.2, 0.25) is 0 Å². The first-order valence-corrected chi connectivity index (χ1v) is 11.2. The molecule has 4 heteroatoms. The van der Waals surface area contributed by atoms with Crippen molar-refractivity contribution in [3.8, 4) is 0 Å². The maximum Gasteiger partial charge on any atom is 0.0789 e. The van der Waals surface area contributed by atoms with Gasteiger partial charge in [-0.3, -0.25) is 0 Å². The van der Waals surface area contributed by atoms with E-state index in [9.17, 15) is 0 Å². The minimum Gasteiger partial charge on any atom is -0.381 e. The summed E-state index contributed by atoms with van der Waals surface area (Å²) in [5, 5.41) is 0. The van der Waals surface area contributed by atoms with Crippen molar-refractivity contribution in [3.05, 3.63) is 12.2 Å². The van der Waals surface area contributed by atoms with Crippen LogP contribution in [0.4, 0.5) is 0 Å². The van der Waals surface area contributed by atoms with Crippen molar-refractivity contribution < 1.29 is 14.4 Å². The van der Waals surface area contributed by atoms with Crippen LogP contribution >= 0.6 is 0 Å². The minimum absolute atomic E-state index is 0.194. The van der Waals surface area contributed by atoms with Crippen LogP contribution < -0.4 is 4.90 Å². The lowest BCUT2D eigenvalue weighted by molar-refractivity contribution is -0.858. The van der Waals surface area contributed by atoms with E-state index in [1.54, 1.807) is 0 Å². The molecule has 4 nitrogen and oxygen atoms in total. The molecule has 0 amide bonds. The number of hydrogen-bond acceptors (Lipinski definition) is 3. The molecule has 1 aliphatic carbocycles. The SMILES string of the molecule is CCCC1C=CCCC(COCCCN(C)C)(COCCC[NH+](C)C)CC1. The van der Waals surface area contributed by atoms with Gasteiger partial charge >= 0.3 is 0 Å². The van der Waals surface area contributed by atoms with Gasteiger partial charge in [-0.05, 0) is 65.1 Å². The third kappa shape index (κ3) is 11.9. The van der Waals surface area contributed by atoms with Gasteiger partial charge < -0.3 is 19.3 Å². The van der Waals surface area contributed by atoms with E-state index in [0.717, 1.165) is 58.2 Å². The number of allylic oxidation sites excluding steroid dienone is 2. The summed E-state index contributed by atoms with van der Waals surface area (Å²) in [6.45, 7) is 8.01. The summed E-state index contributed by atoms with van der Waals surface area (Å²) in [6, 6.07) is 0. The van der Waals surface area contributed by atoms with Gasteiger partial charge in [0.25, 0.3) is 0 Å². The molecule has 1 aliphatic rings. The molecule has 0 aromatic heterocycles. The van der Waals surface area contributed by atoms with Crippen LogP contribution in [0.25, 0.3) is 0 Å². The summed E-state index contributed by atoms with van der Waals surface area (Å²) in [7, 11) is 8.66. The molecule has 1 N–H and O–H groups in total. The van der Waals surface area contributed by atoms with E-state index in [0.29, 0.717) is 0 Å². The van der Waals surface area contributed by atoms with Crippen molar-refractivity contribution in [1.82, 2.24) is 4.90 Å². The molecule has 2 unspecified atom stereocenters. The molecule has 2 atom stereocenters. The average molecular weight is 384 g/mol. The van der Waals surface area contributed by atoms with Crippen LogP contribution in [0.3, 0.4) is 0 Å². The number of hydrogen-bond donors (Lipinski definition) is 1. The Labute approximate surface area is 169 Å². The van der Waals surface area contributed by atoms with Crippen LogP contribution in [0, 0.1) is 11.3 Å². The molecule has 0 fully saturated rings. The molecule has 0 aromatic carbocycles. The minimum atomic E-state index is 0.194. The van der Waals surface area contributed by atoms with Gasteiger partial charge in [0.15, 0.2) is 0 Å². The summed E-state index contributed by atoms with van der Waals surface area (Å²) in [5.74, 6) is 0.737. The van der Waals surface area contributed by atoms with Crippen molar-refractivity contribution >= 4 is 0 Å². The lowest BCUT2D eigenvalue weighted by Gasteiger charge is -2.35. The van der Waals surface area contributed by atoms with Crippen LogP contribution in [0.1, 0.15) is 58.3 Å². The van der Waals surface area contributed by atoms with Crippen molar-refractivity contribution in [2.75, 3.05) is 67.7 Å². The highest BCUT2D eigenvalue weighted by molar-refractivity contribution is 4.95. The van der Waals surface area contributed by atoms with Crippen LogP contribution in [0.15, 0.2) is 12.2 Å². The Morgan fingerprint density at radius 1 is 1.07 bits per heavy atom. The number of quaternary nitrogens is 1. The zero-order valence-electron chi connectivity index (χ0n) is 18.9. The Balaban J connectivity index is 2.54. The van der Waals surface area contributed by atoms with Crippen LogP contribution in [0.2, 0.25) is 0 Å². The summed E-state index contributed by atoms with van der Waals surface area (Å²) >= 11 is 0. The van der Waals surface area contributed by atoms with Crippen molar-refractivity contribution in [2.45, 2.75) is 58.3 Å². The van der Waals surface area contributed by atoms with Gasteiger partial charge in [0, 0.05) is 18.4 Å².